The van der Waals surface area contributed by atoms with Gasteiger partial charge in [0, 0.05) is 31.4 Å². The summed E-state index contributed by atoms with van der Waals surface area (Å²) in [7, 11) is 1.83. The first-order chi connectivity index (χ1) is 12.5. The van der Waals surface area contributed by atoms with Crippen molar-refractivity contribution in [3.05, 3.63) is 35.9 Å². The maximum atomic E-state index is 5.83. The smallest absolute Gasteiger partial charge is 0.218 e. The fourth-order valence-electron chi connectivity index (χ4n) is 3.61. The number of hydrogen-bond donors (Lipinski definition) is 1. The van der Waals surface area contributed by atoms with Crippen LogP contribution >= 0.6 is 0 Å². The molecule has 26 heavy (non-hydrogen) atoms. The molecule has 0 spiro atoms. The second-order valence-corrected chi connectivity index (χ2v) is 7.34. The Balaban J connectivity index is 1.58. The lowest BCUT2D eigenvalue weighted by Gasteiger charge is -2.32. The van der Waals surface area contributed by atoms with Gasteiger partial charge in [0.2, 0.25) is 5.95 Å². The molecule has 2 aromatic heterocycles. The first kappa shape index (κ1) is 16.8. The van der Waals surface area contributed by atoms with Crippen LogP contribution in [0, 0.1) is 0 Å². The summed E-state index contributed by atoms with van der Waals surface area (Å²) in [6.07, 6.45) is 3.66. The molecule has 0 atom stereocenters. The Hall–Kier alpha value is -2.70. The van der Waals surface area contributed by atoms with Gasteiger partial charge in [-0.25, -0.2) is 14.6 Å². The summed E-state index contributed by atoms with van der Waals surface area (Å²) in [5, 5.41) is 5.59. The average molecular weight is 351 g/mol. The van der Waals surface area contributed by atoms with Crippen LogP contribution in [-0.4, -0.2) is 37.8 Å². The van der Waals surface area contributed by atoms with Crippen LogP contribution in [0.5, 0.6) is 0 Å². The van der Waals surface area contributed by atoms with Crippen molar-refractivity contribution >= 4 is 22.7 Å². The fraction of sp³-hybridized carbons (Fsp3) is 0.474. The van der Waals surface area contributed by atoms with Crippen molar-refractivity contribution in [3.8, 4) is 0 Å². The third-order valence-electron chi connectivity index (χ3n) is 5.28. The monoisotopic (exact) mass is 351 g/mol. The highest BCUT2D eigenvalue weighted by atomic mass is 15.4. The Morgan fingerprint density at radius 3 is 2.58 bits per heavy atom. The molecule has 0 aliphatic carbocycles. The molecule has 3 heterocycles. The van der Waals surface area contributed by atoms with E-state index in [9.17, 15) is 0 Å². The van der Waals surface area contributed by atoms with Crippen molar-refractivity contribution in [2.24, 2.45) is 7.05 Å². The maximum Gasteiger partial charge on any atom is 0.218 e. The van der Waals surface area contributed by atoms with E-state index < -0.39 is 0 Å². The van der Waals surface area contributed by atoms with E-state index in [0.717, 1.165) is 48.5 Å². The summed E-state index contributed by atoms with van der Waals surface area (Å²) in [5.74, 6) is 3.21. The number of fused-ring (bicyclic) bond motifs is 1. The molecule has 1 saturated heterocycles. The normalized spacial score (nSPS) is 15.9. The number of aryl methyl sites for hydroxylation is 1. The first-order valence-corrected chi connectivity index (χ1v) is 9.19. The van der Waals surface area contributed by atoms with E-state index in [1.165, 1.54) is 5.56 Å². The Morgan fingerprint density at radius 2 is 1.92 bits per heavy atom. The molecule has 0 saturated carbocycles. The zero-order valence-electron chi connectivity index (χ0n) is 15.6. The Labute approximate surface area is 153 Å². The second-order valence-electron chi connectivity index (χ2n) is 7.34. The number of rotatable bonds is 3. The highest BCUT2D eigenvalue weighted by molar-refractivity contribution is 5.90. The van der Waals surface area contributed by atoms with Crippen LogP contribution in [0.3, 0.4) is 0 Å². The molecular weight excluding hydrogens is 326 g/mol. The van der Waals surface area contributed by atoms with Crippen LogP contribution in [-0.2, 0) is 7.05 Å². The molecule has 0 radical (unpaired) electrons. The van der Waals surface area contributed by atoms with Gasteiger partial charge in [-0.05, 0) is 36.5 Å². The number of nitrogen functional groups attached to an aromatic ring is 1. The summed E-state index contributed by atoms with van der Waals surface area (Å²) in [6.45, 7) is 6.28. The molecule has 1 aliphatic rings. The van der Waals surface area contributed by atoms with E-state index in [4.69, 9.17) is 5.73 Å². The van der Waals surface area contributed by atoms with Gasteiger partial charge in [0.05, 0.1) is 5.52 Å². The van der Waals surface area contributed by atoms with E-state index in [2.05, 4.69) is 57.0 Å². The molecule has 1 aromatic carbocycles. The fourth-order valence-corrected chi connectivity index (χ4v) is 3.61. The topological polar surface area (TPSA) is 85.8 Å². The number of nitrogens with zero attached hydrogens (tertiary/aromatic N) is 6. The summed E-state index contributed by atoms with van der Waals surface area (Å²) >= 11 is 0. The highest BCUT2D eigenvalue weighted by Crippen LogP contribution is 2.32. The lowest BCUT2D eigenvalue weighted by atomic mass is 9.95. The Bertz CT molecular complexity index is 903. The van der Waals surface area contributed by atoms with Crippen LogP contribution in [0.4, 0.5) is 11.8 Å². The molecule has 0 amide bonds. The standard InChI is InChI=1S/C19H25N7/c1-12(2)14-4-5-16-15(10-14)18(22-11-21-16)26-8-6-13(7-9-26)17-23-19(20)25(3)24-17/h4-5,10-13H,6-9H2,1-3H3,(H2,20,23,24). The van der Waals surface area contributed by atoms with E-state index in [1.807, 2.05) is 7.05 Å². The maximum absolute atomic E-state index is 5.83. The van der Waals surface area contributed by atoms with Gasteiger partial charge in [0.25, 0.3) is 0 Å². The van der Waals surface area contributed by atoms with E-state index in [0.29, 0.717) is 17.8 Å². The largest absolute Gasteiger partial charge is 0.368 e. The van der Waals surface area contributed by atoms with Crippen molar-refractivity contribution in [2.45, 2.75) is 38.5 Å². The second kappa shape index (κ2) is 6.55. The van der Waals surface area contributed by atoms with Crippen LogP contribution in [0.1, 0.15) is 49.9 Å². The van der Waals surface area contributed by atoms with Crippen molar-refractivity contribution in [1.29, 1.82) is 0 Å². The van der Waals surface area contributed by atoms with Crippen molar-refractivity contribution in [1.82, 2.24) is 24.7 Å². The van der Waals surface area contributed by atoms with E-state index >= 15 is 0 Å². The van der Waals surface area contributed by atoms with Gasteiger partial charge in [0.15, 0.2) is 5.82 Å². The number of anilines is 2. The van der Waals surface area contributed by atoms with Crippen molar-refractivity contribution in [3.63, 3.8) is 0 Å². The van der Waals surface area contributed by atoms with Gasteiger partial charge < -0.3 is 10.6 Å². The van der Waals surface area contributed by atoms with E-state index in [-0.39, 0.29) is 0 Å². The molecule has 7 nitrogen and oxygen atoms in total. The highest BCUT2D eigenvalue weighted by Gasteiger charge is 2.26. The molecular formula is C19H25N7. The van der Waals surface area contributed by atoms with E-state index in [1.54, 1.807) is 11.0 Å². The number of hydrogen-bond acceptors (Lipinski definition) is 6. The van der Waals surface area contributed by atoms with Gasteiger partial charge in [-0.1, -0.05) is 19.9 Å². The number of nitrogens with two attached hydrogens (primary N) is 1. The summed E-state index contributed by atoms with van der Waals surface area (Å²) < 4.78 is 1.65. The molecule has 136 valence electrons. The average Bonchev–Trinajstić information content (AvgIpc) is 2.99. The van der Waals surface area contributed by atoms with Crippen LogP contribution < -0.4 is 10.6 Å². The molecule has 1 aliphatic heterocycles. The number of aromatic nitrogens is 5. The van der Waals surface area contributed by atoms with Crippen LogP contribution in [0.25, 0.3) is 10.9 Å². The minimum atomic E-state index is 0.356. The summed E-state index contributed by atoms with van der Waals surface area (Å²) in [4.78, 5) is 15.8. The molecule has 1 fully saturated rings. The van der Waals surface area contributed by atoms with Crippen molar-refractivity contribution < 1.29 is 0 Å². The Morgan fingerprint density at radius 1 is 1.15 bits per heavy atom. The molecule has 7 heteroatoms. The third kappa shape index (κ3) is 2.98. The lowest BCUT2D eigenvalue weighted by molar-refractivity contribution is 0.482. The molecule has 4 rings (SSSR count). The molecule has 3 aromatic rings. The minimum Gasteiger partial charge on any atom is -0.368 e. The molecule has 0 bridgehead atoms. The van der Waals surface area contributed by atoms with Gasteiger partial charge >= 0.3 is 0 Å². The predicted octanol–water partition coefficient (Wildman–Crippen LogP) is 2.85. The van der Waals surface area contributed by atoms with Gasteiger partial charge in [-0.2, -0.15) is 10.1 Å². The Kier molecular flexibility index (Phi) is 4.22. The van der Waals surface area contributed by atoms with Crippen LogP contribution in [0.15, 0.2) is 24.5 Å². The zero-order chi connectivity index (χ0) is 18.3. The minimum absolute atomic E-state index is 0.356. The third-order valence-corrected chi connectivity index (χ3v) is 5.28. The number of benzene rings is 1. The van der Waals surface area contributed by atoms with Gasteiger partial charge in [-0.3, -0.25) is 0 Å². The van der Waals surface area contributed by atoms with Crippen LogP contribution in [0.2, 0.25) is 0 Å². The SMILES string of the molecule is CC(C)c1ccc2ncnc(N3CCC(c4nc(N)n(C)n4)CC3)c2c1. The summed E-state index contributed by atoms with van der Waals surface area (Å²) in [5.41, 5.74) is 8.15. The molecule has 0 unspecified atom stereocenters. The lowest BCUT2D eigenvalue weighted by Crippen LogP contribution is -2.34. The quantitative estimate of drug-likeness (QED) is 0.781. The van der Waals surface area contributed by atoms with Crippen molar-refractivity contribution in [2.75, 3.05) is 23.7 Å². The van der Waals surface area contributed by atoms with Gasteiger partial charge in [0.1, 0.15) is 12.1 Å². The molecule has 2 N–H and O–H groups in total. The summed E-state index contributed by atoms with van der Waals surface area (Å²) in [6, 6.07) is 6.50. The van der Waals surface area contributed by atoms with Gasteiger partial charge in [-0.15, -0.1) is 0 Å². The number of piperidine rings is 1. The first-order valence-electron chi connectivity index (χ1n) is 9.19. The predicted molar refractivity (Wildman–Crippen MR) is 103 cm³/mol. The zero-order valence-corrected chi connectivity index (χ0v) is 15.6.